The van der Waals surface area contributed by atoms with Crippen LogP contribution in [-0.2, 0) is 29.2 Å². The topological polar surface area (TPSA) is 93.4 Å². The number of hydrogen-bond donors (Lipinski definition) is 1. The van der Waals surface area contributed by atoms with Crippen molar-refractivity contribution in [2.24, 2.45) is 0 Å². The average Bonchev–Trinajstić information content (AvgIpc) is 3.42. The summed E-state index contributed by atoms with van der Waals surface area (Å²) in [6, 6.07) is 9.33. The fourth-order valence-electron chi connectivity index (χ4n) is 5.06. The van der Waals surface area contributed by atoms with E-state index in [1.54, 1.807) is 22.4 Å². The second-order valence-electron chi connectivity index (χ2n) is 9.94. The van der Waals surface area contributed by atoms with Crippen molar-refractivity contribution in [3.05, 3.63) is 67.1 Å². The maximum absolute atomic E-state index is 13.3. The van der Waals surface area contributed by atoms with E-state index in [0.29, 0.717) is 47.5 Å². The predicted molar refractivity (Wildman–Crippen MR) is 152 cm³/mol. The standard InChI is InChI=1S/C28H35ClN4O4S/c1-31(21-11-4-2-5-12-21)25(35)19-33-23-15-17-38-26(23)27(36)32(28(33)37)16-9-3-6-14-24(34)30-18-20-10-7-8-13-22(20)29/h7-8,10,13,15,17,21H,2-6,9,11-12,14,16,18-19H2,1H3,(H,30,34). The molecule has 1 aromatic carbocycles. The molecule has 8 nitrogen and oxygen atoms in total. The third-order valence-electron chi connectivity index (χ3n) is 7.37. The molecule has 38 heavy (non-hydrogen) atoms. The lowest BCUT2D eigenvalue weighted by Gasteiger charge is -2.31. The zero-order valence-corrected chi connectivity index (χ0v) is 23.4. The van der Waals surface area contributed by atoms with Crippen molar-refractivity contribution >= 4 is 45.0 Å². The average molecular weight is 559 g/mol. The lowest BCUT2D eigenvalue weighted by Crippen LogP contribution is -2.45. The summed E-state index contributed by atoms with van der Waals surface area (Å²) in [7, 11) is 1.81. The van der Waals surface area contributed by atoms with Crippen LogP contribution in [-0.4, -0.2) is 38.9 Å². The molecular weight excluding hydrogens is 524 g/mol. The van der Waals surface area contributed by atoms with E-state index in [1.165, 1.54) is 26.9 Å². The molecule has 0 saturated heterocycles. The molecule has 1 aliphatic rings. The van der Waals surface area contributed by atoms with Crippen LogP contribution in [0.25, 0.3) is 10.2 Å². The molecule has 2 heterocycles. The van der Waals surface area contributed by atoms with Gasteiger partial charge in [0, 0.05) is 37.6 Å². The minimum atomic E-state index is -0.455. The number of aromatic nitrogens is 2. The molecule has 0 bridgehead atoms. The highest BCUT2D eigenvalue weighted by atomic mass is 35.5. The molecule has 2 aromatic heterocycles. The largest absolute Gasteiger partial charge is 0.352 e. The number of carbonyl (C=O) groups excluding carboxylic acids is 2. The van der Waals surface area contributed by atoms with Crippen LogP contribution in [0.1, 0.15) is 63.4 Å². The molecular formula is C28H35ClN4O4S. The first-order valence-corrected chi connectivity index (χ1v) is 14.6. The van der Waals surface area contributed by atoms with Gasteiger partial charge in [0.15, 0.2) is 0 Å². The van der Waals surface area contributed by atoms with Crippen molar-refractivity contribution in [3.63, 3.8) is 0 Å². The van der Waals surface area contributed by atoms with Gasteiger partial charge in [0.05, 0.1) is 5.52 Å². The van der Waals surface area contributed by atoms with Gasteiger partial charge < -0.3 is 10.2 Å². The number of carbonyl (C=O) groups is 2. The summed E-state index contributed by atoms with van der Waals surface area (Å²) in [6.07, 6.45) is 7.68. The number of rotatable bonds is 11. The molecule has 10 heteroatoms. The Labute approximate surface area is 231 Å². The summed E-state index contributed by atoms with van der Waals surface area (Å²) in [4.78, 5) is 53.4. The van der Waals surface area contributed by atoms with Gasteiger partial charge in [-0.1, -0.05) is 55.5 Å². The summed E-state index contributed by atoms with van der Waals surface area (Å²) < 4.78 is 3.16. The van der Waals surface area contributed by atoms with Gasteiger partial charge in [0.2, 0.25) is 11.8 Å². The van der Waals surface area contributed by atoms with Gasteiger partial charge in [-0.3, -0.25) is 23.5 Å². The number of thiophene rings is 1. The summed E-state index contributed by atoms with van der Waals surface area (Å²) in [5, 5.41) is 5.28. The highest BCUT2D eigenvalue weighted by molar-refractivity contribution is 7.17. The molecule has 204 valence electrons. The minimum absolute atomic E-state index is 0.0648. The second kappa shape index (κ2) is 13.2. The molecule has 0 atom stereocenters. The highest BCUT2D eigenvalue weighted by Gasteiger charge is 2.24. The normalized spacial score (nSPS) is 14.1. The molecule has 1 aliphatic carbocycles. The molecule has 0 unspecified atom stereocenters. The van der Waals surface area contributed by atoms with Gasteiger partial charge in [0.25, 0.3) is 5.56 Å². The quantitative estimate of drug-likeness (QED) is 0.349. The maximum atomic E-state index is 13.3. The Morgan fingerprint density at radius 1 is 1.05 bits per heavy atom. The summed E-state index contributed by atoms with van der Waals surface area (Å²) in [6.45, 7) is 0.549. The second-order valence-corrected chi connectivity index (χ2v) is 11.3. The molecule has 0 aliphatic heterocycles. The Bertz CT molecular complexity index is 1390. The number of nitrogens with zero attached hydrogens (tertiary/aromatic N) is 3. The Morgan fingerprint density at radius 3 is 2.58 bits per heavy atom. The molecule has 4 rings (SSSR count). The third kappa shape index (κ3) is 6.74. The molecule has 0 spiro atoms. The zero-order chi connectivity index (χ0) is 27.1. The molecule has 1 saturated carbocycles. The Balaban J connectivity index is 1.34. The number of nitrogens with one attached hydrogen (secondary N) is 1. The smallest absolute Gasteiger partial charge is 0.332 e. The summed E-state index contributed by atoms with van der Waals surface area (Å²) in [5.74, 6) is -0.176. The van der Waals surface area contributed by atoms with E-state index in [9.17, 15) is 19.2 Å². The molecule has 1 fully saturated rings. The van der Waals surface area contributed by atoms with Crippen molar-refractivity contribution < 1.29 is 9.59 Å². The monoisotopic (exact) mass is 558 g/mol. The zero-order valence-electron chi connectivity index (χ0n) is 21.8. The summed E-state index contributed by atoms with van der Waals surface area (Å²) >= 11 is 7.42. The van der Waals surface area contributed by atoms with Gasteiger partial charge in [0.1, 0.15) is 11.2 Å². The number of likely N-dealkylation sites (N-methyl/N-ethyl adjacent to an activating group) is 1. The first-order valence-electron chi connectivity index (χ1n) is 13.3. The van der Waals surface area contributed by atoms with Crippen LogP contribution in [0.5, 0.6) is 0 Å². The van der Waals surface area contributed by atoms with E-state index in [0.717, 1.165) is 31.2 Å². The number of amides is 2. The van der Waals surface area contributed by atoms with E-state index in [2.05, 4.69) is 5.32 Å². The van der Waals surface area contributed by atoms with Crippen molar-refractivity contribution in [2.75, 3.05) is 7.05 Å². The van der Waals surface area contributed by atoms with Gasteiger partial charge in [-0.05, 0) is 48.8 Å². The SMILES string of the molecule is CN(C(=O)Cn1c(=O)n(CCCCCC(=O)NCc2ccccc2Cl)c(=O)c2sccc21)C1CCCCC1. The fraction of sp³-hybridized carbons (Fsp3) is 0.500. The van der Waals surface area contributed by atoms with E-state index >= 15 is 0 Å². The number of unbranched alkanes of at least 4 members (excludes halogenated alkanes) is 2. The van der Waals surface area contributed by atoms with Crippen molar-refractivity contribution in [1.82, 2.24) is 19.4 Å². The van der Waals surface area contributed by atoms with Gasteiger partial charge in [-0.15, -0.1) is 11.3 Å². The first-order chi connectivity index (χ1) is 18.4. The van der Waals surface area contributed by atoms with Gasteiger partial charge >= 0.3 is 5.69 Å². The van der Waals surface area contributed by atoms with Crippen molar-refractivity contribution in [3.8, 4) is 0 Å². The van der Waals surface area contributed by atoms with Crippen LogP contribution >= 0.6 is 22.9 Å². The van der Waals surface area contributed by atoms with E-state index < -0.39 is 5.69 Å². The lowest BCUT2D eigenvalue weighted by atomic mass is 9.94. The Morgan fingerprint density at radius 2 is 1.82 bits per heavy atom. The number of halogens is 1. The predicted octanol–water partition coefficient (Wildman–Crippen LogP) is 4.55. The van der Waals surface area contributed by atoms with Crippen molar-refractivity contribution in [2.45, 2.75) is 83.5 Å². The van der Waals surface area contributed by atoms with Crippen LogP contribution in [0.3, 0.4) is 0 Å². The summed E-state index contributed by atoms with van der Waals surface area (Å²) in [5.41, 5.74) is 0.609. The number of fused-ring (bicyclic) bond motifs is 1. The van der Waals surface area contributed by atoms with Gasteiger partial charge in [-0.2, -0.15) is 0 Å². The number of benzene rings is 1. The van der Waals surface area contributed by atoms with Crippen LogP contribution in [0.2, 0.25) is 5.02 Å². The Hall–Kier alpha value is -2.91. The third-order valence-corrected chi connectivity index (χ3v) is 8.63. The molecule has 2 amide bonds. The molecule has 0 radical (unpaired) electrons. The van der Waals surface area contributed by atoms with Crippen molar-refractivity contribution in [1.29, 1.82) is 0 Å². The highest BCUT2D eigenvalue weighted by Crippen LogP contribution is 2.22. The Kier molecular flexibility index (Phi) is 9.80. The lowest BCUT2D eigenvalue weighted by molar-refractivity contribution is -0.133. The van der Waals surface area contributed by atoms with E-state index in [1.807, 2.05) is 25.2 Å². The van der Waals surface area contributed by atoms with Crippen LogP contribution in [0.15, 0.2) is 45.3 Å². The first kappa shape index (κ1) is 28.1. The molecule has 3 aromatic rings. The van der Waals surface area contributed by atoms with Crippen LogP contribution < -0.4 is 16.6 Å². The fourth-order valence-corrected chi connectivity index (χ4v) is 6.10. The maximum Gasteiger partial charge on any atom is 0.332 e. The van der Waals surface area contributed by atoms with Gasteiger partial charge in [-0.25, -0.2) is 4.79 Å². The van der Waals surface area contributed by atoms with E-state index in [4.69, 9.17) is 11.6 Å². The van der Waals surface area contributed by atoms with Crippen LogP contribution in [0, 0.1) is 0 Å². The minimum Gasteiger partial charge on any atom is -0.352 e. The van der Waals surface area contributed by atoms with Crippen LogP contribution in [0.4, 0.5) is 0 Å². The van der Waals surface area contributed by atoms with E-state index in [-0.39, 0.29) is 36.5 Å². The molecule has 1 N–H and O–H groups in total. The number of hydrogen-bond acceptors (Lipinski definition) is 5.